The van der Waals surface area contributed by atoms with E-state index in [1.54, 1.807) is 41.0 Å². The van der Waals surface area contributed by atoms with Gasteiger partial charge in [-0.25, -0.2) is 0 Å². The molecule has 0 unspecified atom stereocenters. The van der Waals surface area contributed by atoms with Gasteiger partial charge in [0.25, 0.3) is 5.91 Å². The van der Waals surface area contributed by atoms with Crippen molar-refractivity contribution in [2.75, 3.05) is 32.8 Å². The van der Waals surface area contributed by atoms with Crippen molar-refractivity contribution in [2.24, 2.45) is 0 Å². The molecule has 1 aliphatic heterocycles. The van der Waals surface area contributed by atoms with Gasteiger partial charge in [-0.15, -0.1) is 0 Å². The van der Waals surface area contributed by atoms with Crippen molar-refractivity contribution in [1.29, 1.82) is 0 Å². The molecule has 0 bridgehead atoms. The van der Waals surface area contributed by atoms with Gasteiger partial charge >= 0.3 is 6.18 Å². The molecule has 0 aromatic heterocycles. The predicted molar refractivity (Wildman–Crippen MR) is 146 cm³/mol. The Bertz CT molecular complexity index is 1370. The molecule has 1 saturated heterocycles. The molecule has 2 aliphatic rings. The summed E-state index contributed by atoms with van der Waals surface area (Å²) in [7, 11) is 0. The van der Waals surface area contributed by atoms with Gasteiger partial charge in [-0.1, -0.05) is 6.07 Å². The number of Topliss-reactive ketones (excluding diaryl/α,β-unsaturated/α-hetero) is 2. The predicted octanol–water partition coefficient (Wildman–Crippen LogP) is 4.63. The lowest BCUT2D eigenvalue weighted by molar-refractivity contribution is -0.137. The summed E-state index contributed by atoms with van der Waals surface area (Å²) in [6.07, 6.45) is -0.438. The fourth-order valence-corrected chi connectivity index (χ4v) is 5.29. The second-order valence-electron chi connectivity index (χ2n) is 10.6. The van der Waals surface area contributed by atoms with Crippen molar-refractivity contribution < 1.29 is 37.5 Å². The van der Waals surface area contributed by atoms with Gasteiger partial charge in [0.05, 0.1) is 5.56 Å². The largest absolute Gasteiger partial charge is 0.416 e. The molecule has 41 heavy (non-hydrogen) atoms. The van der Waals surface area contributed by atoms with Crippen LogP contribution in [0, 0.1) is 6.92 Å². The van der Waals surface area contributed by atoms with E-state index in [0.29, 0.717) is 86.1 Å². The number of amides is 2. The molecule has 10 heteroatoms. The summed E-state index contributed by atoms with van der Waals surface area (Å²) in [6.45, 7) is 2.68. The van der Waals surface area contributed by atoms with Crippen molar-refractivity contribution >= 4 is 29.5 Å². The number of rotatable bonds is 8. The zero-order valence-electron chi connectivity index (χ0n) is 22.9. The van der Waals surface area contributed by atoms with E-state index in [4.69, 9.17) is 5.11 Å². The van der Waals surface area contributed by atoms with Gasteiger partial charge in [-0.2, -0.15) is 13.2 Å². The topological polar surface area (TPSA) is 95.0 Å². The third kappa shape index (κ3) is 7.49. The van der Waals surface area contributed by atoms with Crippen LogP contribution in [-0.4, -0.2) is 71.1 Å². The van der Waals surface area contributed by atoms with Crippen LogP contribution in [0.3, 0.4) is 0 Å². The van der Waals surface area contributed by atoms with E-state index in [1.807, 2.05) is 0 Å². The average molecular weight is 571 g/mol. The number of aryl methyl sites for hydroxylation is 2. The lowest BCUT2D eigenvalue weighted by Gasteiger charge is -2.35. The smallest absolute Gasteiger partial charge is 0.389 e. The first kappa shape index (κ1) is 30.2. The first-order valence-electron chi connectivity index (χ1n) is 13.7. The number of nitrogens with zero attached hydrogens (tertiary/aromatic N) is 2. The van der Waals surface area contributed by atoms with Crippen LogP contribution in [0.4, 0.5) is 13.2 Å². The van der Waals surface area contributed by atoms with Crippen LogP contribution in [0.5, 0.6) is 0 Å². The number of halogens is 3. The summed E-state index contributed by atoms with van der Waals surface area (Å²) in [5.41, 5.74) is 2.07. The maximum atomic E-state index is 13.2. The number of hydrogen-bond donors (Lipinski definition) is 1. The Morgan fingerprint density at radius 1 is 0.927 bits per heavy atom. The van der Waals surface area contributed by atoms with Crippen LogP contribution in [0.15, 0.2) is 42.0 Å². The highest BCUT2D eigenvalue weighted by atomic mass is 19.4. The number of alkyl halides is 3. The van der Waals surface area contributed by atoms with Crippen LogP contribution < -0.4 is 0 Å². The maximum absolute atomic E-state index is 13.2. The van der Waals surface area contributed by atoms with Crippen molar-refractivity contribution in [3.8, 4) is 0 Å². The maximum Gasteiger partial charge on any atom is 0.416 e. The van der Waals surface area contributed by atoms with Crippen LogP contribution in [0.25, 0.3) is 6.08 Å². The van der Waals surface area contributed by atoms with Gasteiger partial charge in [0.2, 0.25) is 5.91 Å². The van der Waals surface area contributed by atoms with Crippen molar-refractivity contribution in [1.82, 2.24) is 9.80 Å². The van der Waals surface area contributed by atoms with E-state index in [2.05, 4.69) is 0 Å². The normalized spacial score (nSPS) is 16.6. The minimum absolute atomic E-state index is 0.0232. The Balaban J connectivity index is 1.36. The fourth-order valence-electron chi connectivity index (χ4n) is 5.29. The quantitative estimate of drug-likeness (QED) is 0.369. The van der Waals surface area contributed by atoms with Crippen LogP contribution in [0.1, 0.15) is 75.1 Å². The number of unbranched alkanes of at least 4 members (excludes halogenated alkanes) is 1. The monoisotopic (exact) mass is 570 g/mol. The molecule has 1 fully saturated rings. The number of allylic oxidation sites excluding steroid dienone is 1. The molecular formula is C31H33F3N2O5. The number of ketones is 2. The molecule has 2 amide bonds. The Kier molecular flexibility index (Phi) is 9.42. The molecule has 0 atom stereocenters. The van der Waals surface area contributed by atoms with Gasteiger partial charge in [-0.05, 0) is 85.7 Å². The summed E-state index contributed by atoms with van der Waals surface area (Å²) in [6, 6.07) is 8.65. The first-order valence-corrected chi connectivity index (χ1v) is 13.7. The second-order valence-corrected chi connectivity index (χ2v) is 10.6. The van der Waals surface area contributed by atoms with E-state index in [1.165, 1.54) is 6.08 Å². The molecule has 218 valence electrons. The molecule has 4 rings (SSSR count). The number of carbonyl (C=O) groups excluding carboxylic acids is 4. The van der Waals surface area contributed by atoms with E-state index < -0.39 is 18.3 Å². The van der Waals surface area contributed by atoms with Gasteiger partial charge in [0.1, 0.15) is 6.61 Å². The number of aliphatic hydroxyl groups excluding tert-OH is 1. The molecule has 1 heterocycles. The molecule has 1 aliphatic carbocycles. The van der Waals surface area contributed by atoms with Crippen molar-refractivity contribution in [3.05, 3.63) is 75.4 Å². The Morgan fingerprint density at radius 2 is 1.61 bits per heavy atom. The minimum atomic E-state index is -4.48. The lowest BCUT2D eigenvalue weighted by Crippen LogP contribution is -2.50. The van der Waals surface area contributed by atoms with Gasteiger partial charge < -0.3 is 14.9 Å². The Hall–Kier alpha value is -3.79. The highest BCUT2D eigenvalue weighted by molar-refractivity contribution is 6.13. The van der Waals surface area contributed by atoms with Gasteiger partial charge in [0, 0.05) is 55.7 Å². The molecule has 7 nitrogen and oxygen atoms in total. The molecule has 0 radical (unpaired) electrons. The zero-order valence-corrected chi connectivity index (χ0v) is 22.9. The molecule has 0 saturated carbocycles. The highest BCUT2D eigenvalue weighted by Crippen LogP contribution is 2.33. The lowest BCUT2D eigenvalue weighted by atomic mass is 9.85. The average Bonchev–Trinajstić information content (AvgIpc) is 2.95. The van der Waals surface area contributed by atoms with Crippen LogP contribution >= 0.6 is 0 Å². The van der Waals surface area contributed by atoms with E-state index in [9.17, 15) is 32.3 Å². The van der Waals surface area contributed by atoms with Gasteiger partial charge in [0.15, 0.2) is 11.6 Å². The number of benzene rings is 2. The number of aliphatic hydroxyl groups is 1. The molecule has 1 N–H and O–H groups in total. The second kappa shape index (κ2) is 12.8. The molecule has 0 spiro atoms. The Morgan fingerprint density at radius 3 is 2.29 bits per heavy atom. The third-order valence-corrected chi connectivity index (χ3v) is 7.51. The van der Waals surface area contributed by atoms with Crippen LogP contribution in [-0.2, 0) is 22.2 Å². The SMILES string of the molecule is Cc1cc(/C=C2\CCc3cc(C(=O)N4CCN(C(=O)CCCCC(=O)CO)CC4)ccc3C2=O)cc(C(F)(F)F)c1. The fraction of sp³-hybridized carbons (Fsp3) is 0.419. The van der Waals surface area contributed by atoms with Crippen molar-refractivity contribution in [2.45, 2.75) is 51.6 Å². The summed E-state index contributed by atoms with van der Waals surface area (Å²) in [5, 5.41) is 8.76. The number of piperazine rings is 1. The summed E-state index contributed by atoms with van der Waals surface area (Å²) < 4.78 is 39.7. The summed E-state index contributed by atoms with van der Waals surface area (Å²) >= 11 is 0. The number of fused-ring (bicyclic) bond motifs is 1. The van der Waals surface area contributed by atoms with Crippen LogP contribution in [0.2, 0.25) is 0 Å². The Labute approximate surface area is 236 Å². The number of hydrogen-bond acceptors (Lipinski definition) is 5. The first-order chi connectivity index (χ1) is 19.5. The third-order valence-electron chi connectivity index (χ3n) is 7.51. The minimum Gasteiger partial charge on any atom is -0.389 e. The number of carbonyl (C=O) groups is 4. The standard InChI is InChI=1S/C31H33F3N2O5/c1-20-14-21(17-25(15-20)31(32,33)34)16-23-7-6-22-18-24(8-9-27(22)29(23)40)30(41)36-12-10-35(11-13-36)28(39)5-3-2-4-26(38)19-37/h8-9,14-18,37H,2-7,10-13,19H2,1H3/b23-16+. The van der Waals surface area contributed by atoms with Crippen molar-refractivity contribution in [3.63, 3.8) is 0 Å². The molecular weight excluding hydrogens is 537 g/mol. The van der Waals surface area contributed by atoms with E-state index in [-0.39, 0.29) is 29.8 Å². The van der Waals surface area contributed by atoms with Gasteiger partial charge in [-0.3, -0.25) is 19.2 Å². The highest BCUT2D eigenvalue weighted by Gasteiger charge is 2.31. The summed E-state index contributed by atoms with van der Waals surface area (Å²) in [5.74, 6) is -0.702. The molecule has 2 aromatic carbocycles. The van der Waals surface area contributed by atoms with E-state index >= 15 is 0 Å². The zero-order chi connectivity index (χ0) is 29.7. The summed E-state index contributed by atoms with van der Waals surface area (Å²) in [4.78, 5) is 53.4. The molecule has 2 aromatic rings. The van der Waals surface area contributed by atoms with E-state index in [0.717, 1.165) is 17.7 Å².